The van der Waals surface area contributed by atoms with Crippen LogP contribution in [-0.2, 0) is 14.3 Å². The number of amides is 1. The molecule has 2 aromatic rings. The number of carbonyl (C=O) groups excluding carboxylic acids is 2. The Morgan fingerprint density at radius 2 is 1.70 bits per heavy atom. The highest BCUT2D eigenvalue weighted by molar-refractivity contribution is 6.46. The molecule has 1 unspecified atom stereocenters. The van der Waals surface area contributed by atoms with Crippen molar-refractivity contribution in [2.24, 2.45) is 0 Å². The zero-order chi connectivity index (χ0) is 21.7. The second-order valence-corrected chi connectivity index (χ2v) is 6.81. The molecule has 1 heterocycles. The third kappa shape index (κ3) is 4.02. The van der Waals surface area contributed by atoms with E-state index in [4.69, 9.17) is 14.2 Å². The molecule has 1 atom stereocenters. The molecule has 0 saturated carbocycles. The molecule has 1 aliphatic rings. The maximum absolute atomic E-state index is 13.0. The van der Waals surface area contributed by atoms with Gasteiger partial charge >= 0.3 is 0 Å². The lowest BCUT2D eigenvalue weighted by atomic mass is 9.95. The van der Waals surface area contributed by atoms with E-state index in [0.717, 1.165) is 0 Å². The van der Waals surface area contributed by atoms with Gasteiger partial charge in [0, 0.05) is 20.3 Å². The minimum atomic E-state index is -0.725. The van der Waals surface area contributed by atoms with Crippen LogP contribution in [0.5, 0.6) is 11.5 Å². The van der Waals surface area contributed by atoms with E-state index in [1.165, 1.54) is 12.0 Å². The summed E-state index contributed by atoms with van der Waals surface area (Å²) in [5.41, 5.74) is 1.09. The molecule has 0 spiro atoms. The SMILES string of the molecule is COCCCN1C(=O)C(=O)/C(=C(\O)c2ccccc2OC)C1c1ccc(OC)cc1. The summed E-state index contributed by atoms with van der Waals surface area (Å²) >= 11 is 0. The molecule has 1 amide bonds. The lowest BCUT2D eigenvalue weighted by Crippen LogP contribution is -2.31. The molecule has 0 bridgehead atoms. The third-order valence-corrected chi connectivity index (χ3v) is 5.08. The number of aliphatic hydroxyl groups excluding tert-OH is 1. The average Bonchev–Trinajstić information content (AvgIpc) is 3.03. The van der Waals surface area contributed by atoms with Crippen LogP contribution in [-0.4, -0.2) is 56.2 Å². The van der Waals surface area contributed by atoms with Crippen molar-refractivity contribution in [3.63, 3.8) is 0 Å². The highest BCUT2D eigenvalue weighted by atomic mass is 16.5. The van der Waals surface area contributed by atoms with Crippen molar-refractivity contribution in [3.8, 4) is 11.5 Å². The molecule has 1 aliphatic heterocycles. The van der Waals surface area contributed by atoms with Gasteiger partial charge in [-0.25, -0.2) is 0 Å². The fourth-order valence-electron chi connectivity index (χ4n) is 3.61. The minimum Gasteiger partial charge on any atom is -0.507 e. The number of hydrogen-bond acceptors (Lipinski definition) is 6. The Balaban J connectivity index is 2.14. The van der Waals surface area contributed by atoms with Gasteiger partial charge in [-0.2, -0.15) is 0 Å². The third-order valence-electron chi connectivity index (χ3n) is 5.08. The monoisotopic (exact) mass is 411 g/mol. The topological polar surface area (TPSA) is 85.3 Å². The first-order valence-electron chi connectivity index (χ1n) is 9.58. The molecule has 0 aromatic heterocycles. The summed E-state index contributed by atoms with van der Waals surface area (Å²) in [6.45, 7) is 0.767. The number of ether oxygens (including phenoxy) is 3. The van der Waals surface area contributed by atoms with E-state index in [1.54, 1.807) is 62.8 Å². The standard InChI is InChI=1S/C23H25NO6/c1-28-14-6-13-24-20(15-9-11-16(29-2)12-10-15)19(22(26)23(24)27)21(25)17-7-4-5-8-18(17)30-3/h4-5,7-12,20,25H,6,13-14H2,1-3H3/b21-19-. The van der Waals surface area contributed by atoms with Gasteiger partial charge in [0.2, 0.25) is 0 Å². The molecule has 30 heavy (non-hydrogen) atoms. The van der Waals surface area contributed by atoms with Crippen molar-refractivity contribution in [1.29, 1.82) is 0 Å². The second-order valence-electron chi connectivity index (χ2n) is 6.81. The Kier molecular flexibility index (Phi) is 6.74. The number of rotatable bonds is 8. The number of hydrogen-bond donors (Lipinski definition) is 1. The zero-order valence-electron chi connectivity index (χ0n) is 17.3. The van der Waals surface area contributed by atoms with Crippen LogP contribution < -0.4 is 9.47 Å². The van der Waals surface area contributed by atoms with Gasteiger partial charge in [-0.1, -0.05) is 24.3 Å². The predicted octanol–water partition coefficient (Wildman–Crippen LogP) is 3.16. The van der Waals surface area contributed by atoms with Gasteiger partial charge < -0.3 is 24.2 Å². The quantitative estimate of drug-likeness (QED) is 0.311. The summed E-state index contributed by atoms with van der Waals surface area (Å²) in [6, 6.07) is 13.2. The minimum absolute atomic E-state index is 0.0343. The number of carbonyl (C=O) groups is 2. The first kappa shape index (κ1) is 21.4. The maximum atomic E-state index is 13.0. The summed E-state index contributed by atoms with van der Waals surface area (Å²) in [7, 11) is 4.63. The highest BCUT2D eigenvalue weighted by Crippen LogP contribution is 2.41. The van der Waals surface area contributed by atoms with Gasteiger partial charge in [-0.15, -0.1) is 0 Å². The van der Waals surface area contributed by atoms with Crippen molar-refractivity contribution >= 4 is 17.4 Å². The first-order valence-corrected chi connectivity index (χ1v) is 9.58. The van der Waals surface area contributed by atoms with E-state index in [2.05, 4.69) is 0 Å². The summed E-state index contributed by atoms with van der Waals surface area (Å²) in [5, 5.41) is 11.1. The van der Waals surface area contributed by atoms with Gasteiger partial charge in [0.05, 0.1) is 31.4 Å². The smallest absolute Gasteiger partial charge is 0.295 e. The zero-order valence-corrected chi connectivity index (χ0v) is 17.3. The molecule has 158 valence electrons. The van der Waals surface area contributed by atoms with Crippen LogP contribution in [0.15, 0.2) is 54.1 Å². The Hall–Kier alpha value is -3.32. The molecule has 0 radical (unpaired) electrons. The summed E-state index contributed by atoms with van der Waals surface area (Å²) in [5.74, 6) is -0.574. The van der Waals surface area contributed by atoms with Gasteiger partial charge in [-0.3, -0.25) is 9.59 Å². The fraction of sp³-hybridized carbons (Fsp3) is 0.304. The summed E-state index contributed by atoms with van der Waals surface area (Å²) in [4.78, 5) is 27.3. The van der Waals surface area contributed by atoms with Gasteiger partial charge in [0.25, 0.3) is 11.7 Å². The van der Waals surface area contributed by atoms with Crippen LogP contribution in [0.4, 0.5) is 0 Å². The number of para-hydroxylation sites is 1. The lowest BCUT2D eigenvalue weighted by Gasteiger charge is -2.25. The highest BCUT2D eigenvalue weighted by Gasteiger charge is 2.46. The molecule has 0 aliphatic carbocycles. The van der Waals surface area contributed by atoms with Crippen LogP contribution in [0.25, 0.3) is 5.76 Å². The number of nitrogens with zero attached hydrogens (tertiary/aromatic N) is 1. The molecular formula is C23H25NO6. The van der Waals surface area contributed by atoms with Crippen molar-refractivity contribution in [2.75, 3.05) is 34.5 Å². The van der Waals surface area contributed by atoms with E-state index >= 15 is 0 Å². The Labute approximate surface area is 175 Å². The van der Waals surface area contributed by atoms with Gasteiger partial charge in [-0.05, 0) is 36.2 Å². The molecule has 1 saturated heterocycles. The van der Waals surface area contributed by atoms with E-state index < -0.39 is 17.7 Å². The number of likely N-dealkylation sites (tertiary alicyclic amines) is 1. The largest absolute Gasteiger partial charge is 0.507 e. The lowest BCUT2D eigenvalue weighted by molar-refractivity contribution is -0.140. The van der Waals surface area contributed by atoms with E-state index in [9.17, 15) is 14.7 Å². The maximum Gasteiger partial charge on any atom is 0.295 e. The molecule has 1 fully saturated rings. The molecule has 1 N–H and O–H groups in total. The normalized spacial score (nSPS) is 18.0. The van der Waals surface area contributed by atoms with Gasteiger partial charge in [0.1, 0.15) is 17.3 Å². The van der Waals surface area contributed by atoms with Crippen LogP contribution in [0.2, 0.25) is 0 Å². The van der Waals surface area contributed by atoms with Crippen LogP contribution in [0.3, 0.4) is 0 Å². The predicted molar refractivity (Wildman–Crippen MR) is 111 cm³/mol. The summed E-state index contributed by atoms with van der Waals surface area (Å²) in [6.07, 6.45) is 0.560. The molecule has 2 aromatic carbocycles. The number of benzene rings is 2. The van der Waals surface area contributed by atoms with Crippen LogP contribution in [0, 0.1) is 0 Å². The van der Waals surface area contributed by atoms with E-state index in [-0.39, 0.29) is 11.3 Å². The number of aliphatic hydroxyl groups is 1. The van der Waals surface area contributed by atoms with Crippen molar-refractivity contribution in [2.45, 2.75) is 12.5 Å². The van der Waals surface area contributed by atoms with Crippen LogP contribution >= 0.6 is 0 Å². The first-order chi connectivity index (χ1) is 14.5. The Bertz CT molecular complexity index is 950. The van der Waals surface area contributed by atoms with Crippen molar-refractivity contribution in [1.82, 2.24) is 4.90 Å². The fourth-order valence-corrected chi connectivity index (χ4v) is 3.61. The van der Waals surface area contributed by atoms with Gasteiger partial charge in [0.15, 0.2) is 0 Å². The molecular weight excluding hydrogens is 386 g/mol. The molecule has 3 rings (SSSR count). The molecule has 7 nitrogen and oxygen atoms in total. The number of Topliss-reactive ketones (excluding diaryl/α,β-unsaturated/α-hetero) is 1. The van der Waals surface area contributed by atoms with E-state index in [0.29, 0.717) is 42.2 Å². The number of methoxy groups -OCH3 is 3. The van der Waals surface area contributed by atoms with Crippen LogP contribution in [0.1, 0.15) is 23.6 Å². The summed E-state index contributed by atoms with van der Waals surface area (Å²) < 4.78 is 15.6. The average molecular weight is 411 g/mol. The molecule has 7 heteroatoms. The number of ketones is 1. The second kappa shape index (κ2) is 9.45. The van der Waals surface area contributed by atoms with Crippen molar-refractivity contribution in [3.05, 3.63) is 65.2 Å². The Morgan fingerprint density at radius 1 is 1.00 bits per heavy atom. The van der Waals surface area contributed by atoms with E-state index in [1.807, 2.05) is 0 Å². The van der Waals surface area contributed by atoms with Crippen molar-refractivity contribution < 1.29 is 28.9 Å². The Morgan fingerprint density at radius 3 is 2.33 bits per heavy atom.